The summed E-state index contributed by atoms with van der Waals surface area (Å²) in [6, 6.07) is 12.7. The Morgan fingerprint density at radius 2 is 1.78 bits per heavy atom. The van der Waals surface area contributed by atoms with Gasteiger partial charge in [0.2, 0.25) is 0 Å². The van der Waals surface area contributed by atoms with Crippen LogP contribution in [-0.4, -0.2) is 34.1 Å². The molecule has 1 fully saturated rings. The number of carbonyl (C=O) groups is 1. The Morgan fingerprint density at radius 1 is 1.04 bits per heavy atom. The molecule has 0 aliphatic carbocycles. The van der Waals surface area contributed by atoms with Gasteiger partial charge >= 0.3 is 0 Å². The maximum absolute atomic E-state index is 13.9. The van der Waals surface area contributed by atoms with Crippen LogP contribution in [0.2, 0.25) is 0 Å². The molecular formula is C20H17F2N3OS. The molecule has 0 radical (unpaired) electrons. The Bertz CT molecular complexity index is 953. The van der Waals surface area contributed by atoms with Gasteiger partial charge in [-0.05, 0) is 37.1 Å². The molecule has 1 aliphatic rings. The summed E-state index contributed by atoms with van der Waals surface area (Å²) in [4.78, 5) is 14.4. The summed E-state index contributed by atoms with van der Waals surface area (Å²) in [5.41, 5.74) is 0.956. The summed E-state index contributed by atoms with van der Waals surface area (Å²) >= 11 is 1.33. The average molecular weight is 385 g/mol. The number of likely N-dealkylation sites (tertiary alicyclic amines) is 1. The lowest BCUT2D eigenvalue weighted by Gasteiger charge is -2.31. The molecule has 138 valence electrons. The van der Waals surface area contributed by atoms with E-state index < -0.39 is 11.6 Å². The SMILES string of the molecule is O=C(c1ccccc1)N1CCC(c2nnc(-c3ccc(F)cc3F)s2)CC1. The molecule has 7 heteroatoms. The third kappa shape index (κ3) is 3.73. The van der Waals surface area contributed by atoms with Crippen molar-refractivity contribution in [1.82, 2.24) is 15.1 Å². The minimum absolute atomic E-state index is 0.0420. The molecule has 3 aromatic rings. The van der Waals surface area contributed by atoms with E-state index in [9.17, 15) is 13.6 Å². The molecule has 4 nitrogen and oxygen atoms in total. The van der Waals surface area contributed by atoms with Crippen molar-refractivity contribution in [2.45, 2.75) is 18.8 Å². The number of benzene rings is 2. The topological polar surface area (TPSA) is 46.1 Å². The number of hydrogen-bond acceptors (Lipinski definition) is 4. The zero-order chi connectivity index (χ0) is 18.8. The van der Waals surface area contributed by atoms with E-state index in [0.717, 1.165) is 23.9 Å². The van der Waals surface area contributed by atoms with Crippen molar-refractivity contribution < 1.29 is 13.6 Å². The maximum atomic E-state index is 13.9. The van der Waals surface area contributed by atoms with E-state index in [1.54, 1.807) is 0 Å². The Morgan fingerprint density at radius 3 is 2.48 bits per heavy atom. The average Bonchev–Trinajstić information content (AvgIpc) is 3.18. The lowest BCUT2D eigenvalue weighted by Crippen LogP contribution is -2.37. The summed E-state index contributed by atoms with van der Waals surface area (Å²) in [6.45, 7) is 1.30. The monoisotopic (exact) mass is 385 g/mol. The first-order valence-corrected chi connectivity index (χ1v) is 9.56. The Labute approximate surface area is 159 Å². The number of carbonyl (C=O) groups excluding carboxylic acids is 1. The van der Waals surface area contributed by atoms with E-state index in [2.05, 4.69) is 10.2 Å². The van der Waals surface area contributed by atoms with Gasteiger partial charge in [-0.2, -0.15) is 0 Å². The summed E-state index contributed by atoms with van der Waals surface area (Å²) in [5.74, 6) is -1.02. The first-order valence-electron chi connectivity index (χ1n) is 8.75. The predicted molar refractivity (Wildman–Crippen MR) is 99.6 cm³/mol. The Balaban J connectivity index is 1.43. The van der Waals surface area contributed by atoms with Crippen LogP contribution in [0.1, 0.15) is 34.1 Å². The highest BCUT2D eigenvalue weighted by molar-refractivity contribution is 7.14. The molecule has 0 saturated carbocycles. The van der Waals surface area contributed by atoms with Crippen molar-refractivity contribution in [1.29, 1.82) is 0 Å². The fourth-order valence-corrected chi connectivity index (χ4v) is 4.30. The molecule has 4 rings (SSSR count). The van der Waals surface area contributed by atoms with E-state index in [1.165, 1.54) is 23.5 Å². The molecule has 1 saturated heterocycles. The van der Waals surface area contributed by atoms with Crippen molar-refractivity contribution >= 4 is 17.2 Å². The van der Waals surface area contributed by atoms with Gasteiger partial charge in [-0.25, -0.2) is 8.78 Å². The molecule has 2 heterocycles. The van der Waals surface area contributed by atoms with Crippen molar-refractivity contribution in [2.75, 3.05) is 13.1 Å². The van der Waals surface area contributed by atoms with E-state index in [1.807, 2.05) is 35.2 Å². The zero-order valence-corrected chi connectivity index (χ0v) is 15.3. The quantitative estimate of drug-likeness (QED) is 0.667. The molecule has 1 aromatic heterocycles. The summed E-state index contributed by atoms with van der Waals surface area (Å²) < 4.78 is 27.0. The Hall–Kier alpha value is -2.67. The third-order valence-electron chi connectivity index (χ3n) is 4.75. The van der Waals surface area contributed by atoms with Crippen LogP contribution in [0, 0.1) is 11.6 Å². The second-order valence-corrected chi connectivity index (χ2v) is 7.51. The van der Waals surface area contributed by atoms with Crippen molar-refractivity contribution in [2.24, 2.45) is 0 Å². The number of hydrogen-bond donors (Lipinski definition) is 0. The number of halogens is 2. The largest absolute Gasteiger partial charge is 0.339 e. The van der Waals surface area contributed by atoms with Crippen molar-refractivity contribution in [3.05, 3.63) is 70.7 Å². The van der Waals surface area contributed by atoms with Crippen LogP contribution in [0.25, 0.3) is 10.6 Å². The van der Waals surface area contributed by atoms with Crippen LogP contribution in [0.3, 0.4) is 0 Å². The highest BCUT2D eigenvalue weighted by atomic mass is 32.1. The van der Waals surface area contributed by atoms with Gasteiger partial charge in [-0.15, -0.1) is 10.2 Å². The fraction of sp³-hybridized carbons (Fsp3) is 0.250. The number of amides is 1. The molecule has 0 N–H and O–H groups in total. The highest BCUT2D eigenvalue weighted by Gasteiger charge is 2.27. The van der Waals surface area contributed by atoms with Gasteiger partial charge in [0.1, 0.15) is 16.6 Å². The number of aromatic nitrogens is 2. The number of piperidine rings is 1. The molecule has 1 aliphatic heterocycles. The molecule has 2 aromatic carbocycles. The van der Waals surface area contributed by atoms with Gasteiger partial charge in [0.05, 0.1) is 0 Å². The first kappa shape index (κ1) is 17.7. The van der Waals surface area contributed by atoms with E-state index >= 15 is 0 Å². The van der Waals surface area contributed by atoms with Crippen LogP contribution in [0.4, 0.5) is 8.78 Å². The molecular weight excluding hydrogens is 368 g/mol. The van der Waals surface area contributed by atoms with Crippen LogP contribution in [0.5, 0.6) is 0 Å². The normalized spacial score (nSPS) is 15.1. The van der Waals surface area contributed by atoms with Crippen molar-refractivity contribution in [3.8, 4) is 10.6 Å². The molecule has 0 bridgehead atoms. The number of nitrogens with zero attached hydrogens (tertiary/aromatic N) is 3. The second kappa shape index (κ2) is 7.52. The van der Waals surface area contributed by atoms with Crippen molar-refractivity contribution in [3.63, 3.8) is 0 Å². The summed E-state index contributed by atoms with van der Waals surface area (Å²) in [5, 5.41) is 9.58. The van der Waals surface area contributed by atoms with Crippen LogP contribution >= 0.6 is 11.3 Å². The summed E-state index contributed by atoms with van der Waals surface area (Å²) in [7, 11) is 0. The first-order chi connectivity index (χ1) is 13.1. The highest BCUT2D eigenvalue weighted by Crippen LogP contribution is 2.34. The minimum Gasteiger partial charge on any atom is -0.339 e. The van der Waals surface area contributed by atoms with Gasteiger partial charge in [0.25, 0.3) is 5.91 Å². The predicted octanol–water partition coefficient (Wildman–Crippen LogP) is 4.50. The van der Waals surface area contributed by atoms with Crippen LogP contribution in [0.15, 0.2) is 48.5 Å². The molecule has 0 unspecified atom stereocenters. The maximum Gasteiger partial charge on any atom is 0.253 e. The molecule has 1 amide bonds. The lowest BCUT2D eigenvalue weighted by molar-refractivity contribution is 0.0713. The minimum atomic E-state index is -0.638. The smallest absolute Gasteiger partial charge is 0.253 e. The standard InChI is InChI=1S/C20H17F2N3OS/c21-15-6-7-16(17(22)12-15)19-24-23-18(27-19)13-8-10-25(11-9-13)20(26)14-4-2-1-3-5-14/h1-7,12-13H,8-11H2. The fourth-order valence-electron chi connectivity index (χ4n) is 3.26. The van der Waals surface area contributed by atoms with Crippen LogP contribution in [-0.2, 0) is 0 Å². The molecule has 0 spiro atoms. The Kier molecular flexibility index (Phi) is 4.94. The molecule has 0 atom stereocenters. The third-order valence-corrected chi connectivity index (χ3v) is 5.87. The second-order valence-electron chi connectivity index (χ2n) is 6.50. The van der Waals surface area contributed by atoms with E-state index in [4.69, 9.17) is 0 Å². The summed E-state index contributed by atoms with van der Waals surface area (Å²) in [6.07, 6.45) is 1.58. The van der Waals surface area contributed by atoms with Gasteiger partial charge in [-0.3, -0.25) is 4.79 Å². The lowest BCUT2D eigenvalue weighted by atomic mass is 9.97. The van der Waals surface area contributed by atoms with Gasteiger partial charge < -0.3 is 4.90 Å². The van der Waals surface area contributed by atoms with Gasteiger partial charge in [0.15, 0.2) is 5.01 Å². The van der Waals surface area contributed by atoms with Gasteiger partial charge in [-0.1, -0.05) is 29.5 Å². The zero-order valence-electron chi connectivity index (χ0n) is 14.4. The van der Waals surface area contributed by atoms with E-state index in [0.29, 0.717) is 23.7 Å². The number of rotatable bonds is 3. The van der Waals surface area contributed by atoms with Gasteiger partial charge in [0, 0.05) is 36.2 Å². The van der Waals surface area contributed by atoms with Crippen LogP contribution < -0.4 is 0 Å². The van der Waals surface area contributed by atoms with E-state index in [-0.39, 0.29) is 17.4 Å². The molecule has 27 heavy (non-hydrogen) atoms.